The first-order valence-electron chi connectivity index (χ1n) is 12.0. The summed E-state index contributed by atoms with van der Waals surface area (Å²) in [5.41, 5.74) is 0.826. The summed E-state index contributed by atoms with van der Waals surface area (Å²) >= 11 is 0. The van der Waals surface area contributed by atoms with Gasteiger partial charge in [0, 0.05) is 17.8 Å². The van der Waals surface area contributed by atoms with E-state index in [0.717, 1.165) is 54.5 Å². The number of ketones is 1. The van der Waals surface area contributed by atoms with Crippen LogP contribution in [0.2, 0.25) is 0 Å². The summed E-state index contributed by atoms with van der Waals surface area (Å²) in [6.45, 7) is 6.96. The number of Topliss-reactive ketones (excluding diaryl/α,β-unsaturated/α-hetero) is 1. The molecule has 4 aliphatic carbocycles. The van der Waals surface area contributed by atoms with Crippen LogP contribution in [0.3, 0.4) is 0 Å². The van der Waals surface area contributed by atoms with Crippen LogP contribution in [0.4, 0.5) is 0 Å². The van der Waals surface area contributed by atoms with Gasteiger partial charge in [0.2, 0.25) is 0 Å². The molecule has 0 aromatic carbocycles. The number of nitrogens with zero attached hydrogens (tertiary/aromatic N) is 2. The maximum absolute atomic E-state index is 13.3. The monoisotopic (exact) mass is 398 g/mol. The Balaban J connectivity index is 1.32. The van der Waals surface area contributed by atoms with Gasteiger partial charge in [0.15, 0.2) is 5.78 Å². The van der Waals surface area contributed by atoms with Gasteiger partial charge in [-0.3, -0.25) is 9.48 Å². The normalized spacial score (nSPS) is 46.6. The average molecular weight is 399 g/mol. The van der Waals surface area contributed by atoms with Crippen LogP contribution in [0.15, 0.2) is 12.3 Å². The summed E-state index contributed by atoms with van der Waals surface area (Å²) in [5, 5.41) is 14.9. The lowest BCUT2D eigenvalue weighted by molar-refractivity contribution is -0.133. The molecule has 4 heteroatoms. The van der Waals surface area contributed by atoms with Gasteiger partial charge in [-0.2, -0.15) is 5.10 Å². The summed E-state index contributed by atoms with van der Waals surface area (Å²) in [7, 11) is 0. The Labute approximate surface area is 175 Å². The first-order valence-corrected chi connectivity index (χ1v) is 12.0. The topological polar surface area (TPSA) is 55.1 Å². The van der Waals surface area contributed by atoms with Gasteiger partial charge in [0.25, 0.3) is 0 Å². The van der Waals surface area contributed by atoms with E-state index in [1.165, 1.54) is 38.5 Å². The van der Waals surface area contributed by atoms with E-state index in [0.29, 0.717) is 12.3 Å². The van der Waals surface area contributed by atoms with E-state index in [1.54, 1.807) is 6.20 Å². The van der Waals surface area contributed by atoms with Crippen LogP contribution in [0.1, 0.15) is 77.3 Å². The molecule has 1 aromatic heterocycles. The maximum Gasteiger partial charge on any atom is 0.157 e. The molecule has 29 heavy (non-hydrogen) atoms. The van der Waals surface area contributed by atoms with E-state index in [1.807, 2.05) is 24.6 Å². The van der Waals surface area contributed by atoms with E-state index in [-0.39, 0.29) is 11.3 Å². The first kappa shape index (κ1) is 19.8. The van der Waals surface area contributed by atoms with Crippen molar-refractivity contribution in [1.29, 1.82) is 0 Å². The molecule has 1 aromatic rings. The Morgan fingerprint density at radius 3 is 2.66 bits per heavy atom. The molecule has 1 heterocycles. The molecule has 160 valence electrons. The van der Waals surface area contributed by atoms with Crippen LogP contribution < -0.4 is 0 Å². The van der Waals surface area contributed by atoms with Crippen molar-refractivity contribution in [1.82, 2.24) is 9.78 Å². The maximum atomic E-state index is 13.3. The summed E-state index contributed by atoms with van der Waals surface area (Å²) in [6, 6.07) is 1.98. The third-order valence-electron chi connectivity index (χ3n) is 9.86. The number of fused-ring (bicyclic) bond motifs is 5. The molecule has 1 N–H and O–H groups in total. The number of rotatable bonds is 3. The lowest BCUT2D eigenvalue weighted by Gasteiger charge is -2.56. The number of aliphatic hydroxyl groups is 1. The zero-order chi connectivity index (χ0) is 20.4. The van der Waals surface area contributed by atoms with Crippen molar-refractivity contribution in [3.05, 3.63) is 18.0 Å². The summed E-state index contributed by atoms with van der Waals surface area (Å²) in [4.78, 5) is 13.3. The summed E-state index contributed by atoms with van der Waals surface area (Å²) in [6.07, 6.45) is 12.4. The van der Waals surface area contributed by atoms with Crippen LogP contribution in [0.25, 0.3) is 0 Å². The lowest BCUT2D eigenvalue weighted by atomic mass is 9.49. The second-order valence-electron chi connectivity index (χ2n) is 11.4. The Morgan fingerprint density at radius 2 is 1.90 bits per heavy atom. The van der Waals surface area contributed by atoms with Gasteiger partial charge >= 0.3 is 0 Å². The van der Waals surface area contributed by atoms with Gasteiger partial charge in [-0.25, -0.2) is 0 Å². The minimum atomic E-state index is -0.438. The third-order valence-corrected chi connectivity index (χ3v) is 9.86. The highest BCUT2D eigenvalue weighted by Crippen LogP contribution is 2.64. The molecule has 0 amide bonds. The van der Waals surface area contributed by atoms with Crippen molar-refractivity contribution < 1.29 is 9.90 Å². The molecular weight excluding hydrogens is 360 g/mol. The van der Waals surface area contributed by atoms with Gasteiger partial charge in [-0.15, -0.1) is 0 Å². The van der Waals surface area contributed by atoms with E-state index >= 15 is 0 Å². The fourth-order valence-corrected chi connectivity index (χ4v) is 8.43. The van der Waals surface area contributed by atoms with E-state index < -0.39 is 5.60 Å². The first-order chi connectivity index (χ1) is 13.8. The number of hydrogen-bond acceptors (Lipinski definition) is 3. The highest BCUT2D eigenvalue weighted by Gasteiger charge is 2.58. The van der Waals surface area contributed by atoms with Crippen molar-refractivity contribution in [2.24, 2.45) is 40.9 Å². The molecular formula is C25H38N2O2. The molecule has 0 radical (unpaired) electrons. The zero-order valence-electron chi connectivity index (χ0n) is 18.4. The number of carbonyl (C=O) groups excluding carboxylic acids is 1. The summed E-state index contributed by atoms with van der Waals surface area (Å²) in [5.74, 6) is 4.53. The number of carbonyl (C=O) groups is 1. The molecule has 8 atom stereocenters. The molecule has 0 unspecified atom stereocenters. The van der Waals surface area contributed by atoms with Crippen molar-refractivity contribution in [2.75, 3.05) is 0 Å². The molecule has 5 rings (SSSR count). The fraction of sp³-hybridized carbons (Fsp3) is 0.840. The van der Waals surface area contributed by atoms with Crippen molar-refractivity contribution in [2.45, 2.75) is 90.7 Å². The van der Waals surface area contributed by atoms with Gasteiger partial charge in [0.05, 0.1) is 5.60 Å². The standard InChI is InChI=1S/C25H38N2O2/c1-16-10-13-26-27(16)15-23(28)22-7-6-21-20-5-4-17-14-24(2,29)11-8-18(17)19(20)9-12-25(21,22)3/h10,13,17-22,29H,4-9,11-12,14-15H2,1-3H3/t17-,18+,19-,20-,21+,22-,24-,25+/m1/s1. The highest BCUT2D eigenvalue weighted by molar-refractivity contribution is 5.82. The molecule has 0 aliphatic heterocycles. The molecule has 4 aliphatic rings. The Hall–Kier alpha value is -1.16. The predicted molar refractivity (Wildman–Crippen MR) is 113 cm³/mol. The quantitative estimate of drug-likeness (QED) is 0.797. The highest BCUT2D eigenvalue weighted by atomic mass is 16.3. The molecule has 4 fully saturated rings. The summed E-state index contributed by atoms with van der Waals surface area (Å²) < 4.78 is 1.88. The molecule has 0 bridgehead atoms. The fourth-order valence-electron chi connectivity index (χ4n) is 8.43. The predicted octanol–water partition coefficient (Wildman–Crippen LogP) is 4.78. The number of aryl methyl sites for hydroxylation is 1. The lowest BCUT2D eigenvalue weighted by Crippen LogP contribution is -2.51. The second kappa shape index (κ2) is 6.93. The minimum absolute atomic E-state index is 0.187. The largest absolute Gasteiger partial charge is 0.390 e. The van der Waals surface area contributed by atoms with E-state index in [4.69, 9.17) is 0 Å². The van der Waals surface area contributed by atoms with Crippen molar-refractivity contribution in [3.8, 4) is 0 Å². The van der Waals surface area contributed by atoms with Gasteiger partial charge < -0.3 is 5.11 Å². The number of aromatic nitrogens is 2. The van der Waals surface area contributed by atoms with E-state index in [2.05, 4.69) is 12.0 Å². The Kier molecular flexibility index (Phi) is 4.73. The average Bonchev–Trinajstić information content (AvgIpc) is 3.23. The van der Waals surface area contributed by atoms with Crippen LogP contribution in [-0.2, 0) is 11.3 Å². The smallest absolute Gasteiger partial charge is 0.157 e. The molecule has 4 saturated carbocycles. The SMILES string of the molecule is Cc1ccnn1CC(=O)[C@H]1CC[C@H]2[C@@H]3CC[C@@H]4C[C@](C)(O)CC[C@@H]4[C@H]3CC[C@]12C. The van der Waals surface area contributed by atoms with Gasteiger partial charge in [-0.1, -0.05) is 6.92 Å². The zero-order valence-corrected chi connectivity index (χ0v) is 18.4. The third kappa shape index (κ3) is 3.21. The second-order valence-corrected chi connectivity index (χ2v) is 11.4. The van der Waals surface area contributed by atoms with E-state index in [9.17, 15) is 9.90 Å². The van der Waals surface area contributed by atoms with Gasteiger partial charge in [-0.05, 0) is 113 Å². The van der Waals surface area contributed by atoms with Crippen LogP contribution in [-0.4, -0.2) is 26.3 Å². The van der Waals surface area contributed by atoms with Crippen molar-refractivity contribution >= 4 is 5.78 Å². The Morgan fingerprint density at radius 1 is 1.10 bits per heavy atom. The molecule has 0 spiro atoms. The molecule has 0 saturated heterocycles. The number of hydrogen-bond donors (Lipinski definition) is 1. The Bertz CT molecular complexity index is 784. The van der Waals surface area contributed by atoms with Crippen LogP contribution in [0, 0.1) is 47.8 Å². The van der Waals surface area contributed by atoms with Gasteiger partial charge in [0.1, 0.15) is 6.54 Å². The minimum Gasteiger partial charge on any atom is -0.390 e. The van der Waals surface area contributed by atoms with Crippen LogP contribution in [0.5, 0.6) is 0 Å². The van der Waals surface area contributed by atoms with Crippen molar-refractivity contribution in [3.63, 3.8) is 0 Å². The molecule has 4 nitrogen and oxygen atoms in total. The van der Waals surface area contributed by atoms with Crippen LogP contribution >= 0.6 is 0 Å².